The predicted octanol–water partition coefficient (Wildman–Crippen LogP) is 3.26. The number of likely N-dealkylation sites (N-methyl/N-ethyl adjacent to an activating group) is 1. The van der Waals surface area contributed by atoms with Crippen LogP contribution in [0.5, 0.6) is 0 Å². The summed E-state index contributed by atoms with van der Waals surface area (Å²) in [5, 5.41) is 4.55. The molecule has 2 N–H and O–H groups in total. The maximum Gasteiger partial charge on any atom is 0.0458 e. The van der Waals surface area contributed by atoms with Crippen molar-refractivity contribution in [3.8, 4) is 0 Å². The summed E-state index contributed by atoms with van der Waals surface area (Å²) >= 11 is 0. The van der Waals surface area contributed by atoms with Crippen molar-refractivity contribution in [1.82, 2.24) is 10.3 Å². The van der Waals surface area contributed by atoms with Crippen molar-refractivity contribution in [3.05, 3.63) is 35.5 Å². The van der Waals surface area contributed by atoms with E-state index in [0.717, 1.165) is 13.0 Å². The van der Waals surface area contributed by atoms with Crippen molar-refractivity contribution in [2.45, 2.75) is 27.2 Å². The third-order valence-electron chi connectivity index (χ3n) is 2.65. The van der Waals surface area contributed by atoms with Gasteiger partial charge >= 0.3 is 0 Å². The van der Waals surface area contributed by atoms with Crippen LogP contribution in [0.1, 0.15) is 25.1 Å². The lowest BCUT2D eigenvalue weighted by molar-refractivity contribution is 0.791. The lowest BCUT2D eigenvalue weighted by Crippen LogP contribution is -2.10. The molecule has 0 radical (unpaired) electrons. The molecule has 16 heavy (non-hydrogen) atoms. The quantitative estimate of drug-likeness (QED) is 0.813. The lowest BCUT2D eigenvalue weighted by atomic mass is 10.1. The largest absolute Gasteiger partial charge is 0.358 e. The molecule has 0 aliphatic carbocycles. The van der Waals surface area contributed by atoms with E-state index >= 15 is 0 Å². The van der Waals surface area contributed by atoms with Gasteiger partial charge in [0.2, 0.25) is 0 Å². The maximum atomic E-state index is 3.41. The molecule has 0 atom stereocenters. The molecule has 2 rings (SSSR count). The monoisotopic (exact) mass is 218 g/mol. The van der Waals surface area contributed by atoms with Crippen molar-refractivity contribution >= 4 is 10.9 Å². The summed E-state index contributed by atoms with van der Waals surface area (Å²) in [4.78, 5) is 3.41. The van der Waals surface area contributed by atoms with Crippen molar-refractivity contribution in [1.29, 1.82) is 0 Å². The van der Waals surface area contributed by atoms with E-state index in [9.17, 15) is 0 Å². The van der Waals surface area contributed by atoms with E-state index in [1.807, 2.05) is 20.9 Å². The van der Waals surface area contributed by atoms with Gasteiger partial charge in [-0.25, -0.2) is 0 Å². The first-order valence-electron chi connectivity index (χ1n) is 6.03. The minimum Gasteiger partial charge on any atom is -0.358 e. The number of para-hydroxylation sites is 1. The summed E-state index contributed by atoms with van der Waals surface area (Å²) in [7, 11) is 1.99. The zero-order chi connectivity index (χ0) is 12.0. The molecule has 0 unspecified atom stereocenters. The van der Waals surface area contributed by atoms with Crippen LogP contribution in [0.15, 0.2) is 24.3 Å². The van der Waals surface area contributed by atoms with Gasteiger partial charge in [-0.3, -0.25) is 0 Å². The topological polar surface area (TPSA) is 27.8 Å². The van der Waals surface area contributed by atoms with Gasteiger partial charge in [0.05, 0.1) is 0 Å². The SMILES string of the molecule is CC.CNCCc1c(C)[nH]c2ccccc12. The highest BCUT2D eigenvalue weighted by Crippen LogP contribution is 2.21. The van der Waals surface area contributed by atoms with E-state index in [1.165, 1.54) is 22.2 Å². The Labute approximate surface area is 98.1 Å². The molecular formula is C14H22N2. The molecule has 0 bridgehead atoms. The average Bonchev–Trinajstić information content (AvgIpc) is 2.65. The third kappa shape index (κ3) is 2.64. The van der Waals surface area contributed by atoms with Gasteiger partial charge in [0.1, 0.15) is 0 Å². The van der Waals surface area contributed by atoms with Gasteiger partial charge in [0.25, 0.3) is 0 Å². The molecule has 1 aromatic carbocycles. The van der Waals surface area contributed by atoms with E-state index in [0.29, 0.717) is 0 Å². The Morgan fingerprint density at radius 1 is 1.19 bits per heavy atom. The fourth-order valence-electron chi connectivity index (χ4n) is 1.91. The van der Waals surface area contributed by atoms with E-state index in [4.69, 9.17) is 0 Å². The number of rotatable bonds is 3. The van der Waals surface area contributed by atoms with Crippen molar-refractivity contribution in [2.75, 3.05) is 13.6 Å². The second kappa shape index (κ2) is 6.33. The fourth-order valence-corrected chi connectivity index (χ4v) is 1.91. The summed E-state index contributed by atoms with van der Waals surface area (Å²) in [6.45, 7) is 7.17. The number of aromatic amines is 1. The zero-order valence-corrected chi connectivity index (χ0v) is 10.7. The summed E-state index contributed by atoms with van der Waals surface area (Å²) in [5.41, 5.74) is 3.98. The highest BCUT2D eigenvalue weighted by atomic mass is 14.8. The number of H-pyrrole nitrogens is 1. The number of benzene rings is 1. The molecule has 0 aliphatic rings. The Hall–Kier alpha value is -1.28. The first-order chi connectivity index (χ1) is 7.83. The smallest absolute Gasteiger partial charge is 0.0458 e. The first-order valence-corrected chi connectivity index (χ1v) is 6.03. The maximum absolute atomic E-state index is 3.41. The molecule has 0 spiro atoms. The highest BCUT2D eigenvalue weighted by molar-refractivity contribution is 5.84. The third-order valence-corrected chi connectivity index (χ3v) is 2.65. The Bertz CT molecular complexity index is 429. The number of fused-ring (bicyclic) bond motifs is 1. The predicted molar refractivity (Wildman–Crippen MR) is 72.0 cm³/mol. The molecule has 1 heterocycles. The Morgan fingerprint density at radius 3 is 2.56 bits per heavy atom. The summed E-state index contributed by atoms with van der Waals surface area (Å²) < 4.78 is 0. The van der Waals surface area contributed by atoms with Crippen LogP contribution in [0.2, 0.25) is 0 Å². The van der Waals surface area contributed by atoms with Crippen LogP contribution in [0.25, 0.3) is 10.9 Å². The van der Waals surface area contributed by atoms with Crippen LogP contribution in [0.3, 0.4) is 0 Å². The van der Waals surface area contributed by atoms with Crippen LogP contribution >= 0.6 is 0 Å². The van der Waals surface area contributed by atoms with Gasteiger partial charge in [-0.1, -0.05) is 32.0 Å². The van der Waals surface area contributed by atoms with Crippen molar-refractivity contribution in [3.63, 3.8) is 0 Å². The number of hydrogen-bond acceptors (Lipinski definition) is 1. The molecule has 0 saturated carbocycles. The standard InChI is InChI=1S/C12H16N2.C2H6/c1-9-10(7-8-13-2)11-5-3-4-6-12(11)14-9;1-2/h3-6,13-14H,7-8H2,1-2H3;1-2H3. The molecule has 0 amide bonds. The van der Waals surface area contributed by atoms with Gasteiger partial charge in [0, 0.05) is 16.6 Å². The molecule has 2 nitrogen and oxygen atoms in total. The number of nitrogens with one attached hydrogen (secondary N) is 2. The average molecular weight is 218 g/mol. The second-order valence-corrected chi connectivity index (χ2v) is 3.63. The number of aromatic nitrogens is 1. The van der Waals surface area contributed by atoms with Crippen molar-refractivity contribution in [2.24, 2.45) is 0 Å². The van der Waals surface area contributed by atoms with Crippen LogP contribution in [-0.4, -0.2) is 18.6 Å². The van der Waals surface area contributed by atoms with Gasteiger partial charge in [-0.05, 0) is 38.6 Å². The Balaban J connectivity index is 0.000000606. The first kappa shape index (κ1) is 12.8. The molecule has 0 fully saturated rings. The summed E-state index contributed by atoms with van der Waals surface area (Å²) in [5.74, 6) is 0. The molecule has 0 aliphatic heterocycles. The highest BCUT2D eigenvalue weighted by Gasteiger charge is 2.06. The van der Waals surface area contributed by atoms with Gasteiger partial charge < -0.3 is 10.3 Å². The van der Waals surface area contributed by atoms with Gasteiger partial charge in [0.15, 0.2) is 0 Å². The number of aryl methyl sites for hydroxylation is 1. The molecule has 2 aromatic rings. The van der Waals surface area contributed by atoms with Gasteiger partial charge in [-0.2, -0.15) is 0 Å². The fraction of sp³-hybridized carbons (Fsp3) is 0.429. The summed E-state index contributed by atoms with van der Waals surface area (Å²) in [6, 6.07) is 8.48. The van der Waals surface area contributed by atoms with Crippen molar-refractivity contribution < 1.29 is 0 Å². The van der Waals surface area contributed by atoms with Crippen LogP contribution < -0.4 is 5.32 Å². The number of hydrogen-bond donors (Lipinski definition) is 2. The van der Waals surface area contributed by atoms with Crippen LogP contribution in [0, 0.1) is 6.92 Å². The second-order valence-electron chi connectivity index (χ2n) is 3.63. The minimum atomic E-state index is 1.03. The molecule has 2 heteroatoms. The lowest BCUT2D eigenvalue weighted by Gasteiger charge is -2.00. The van der Waals surface area contributed by atoms with E-state index in [-0.39, 0.29) is 0 Å². The van der Waals surface area contributed by atoms with Gasteiger partial charge in [-0.15, -0.1) is 0 Å². The Kier molecular flexibility index (Phi) is 5.06. The molecular weight excluding hydrogens is 196 g/mol. The molecule has 0 saturated heterocycles. The zero-order valence-electron chi connectivity index (χ0n) is 10.7. The van der Waals surface area contributed by atoms with E-state index < -0.39 is 0 Å². The molecule has 88 valence electrons. The normalized spacial score (nSPS) is 10.0. The van der Waals surface area contributed by atoms with Crippen LogP contribution in [0.4, 0.5) is 0 Å². The van der Waals surface area contributed by atoms with E-state index in [1.54, 1.807) is 0 Å². The van der Waals surface area contributed by atoms with E-state index in [2.05, 4.69) is 41.5 Å². The molecule has 1 aromatic heterocycles. The summed E-state index contributed by atoms with van der Waals surface area (Å²) in [6.07, 6.45) is 1.09. The Morgan fingerprint density at radius 2 is 1.88 bits per heavy atom. The van der Waals surface area contributed by atoms with Crippen LogP contribution in [-0.2, 0) is 6.42 Å². The minimum absolute atomic E-state index is 1.03.